The molecule has 0 aromatic heterocycles. The molecule has 0 aliphatic heterocycles. The van der Waals surface area contributed by atoms with Gasteiger partial charge in [0.05, 0.1) is 0 Å². The minimum absolute atomic E-state index is 0.0775. The van der Waals surface area contributed by atoms with E-state index in [9.17, 15) is 18.3 Å². The summed E-state index contributed by atoms with van der Waals surface area (Å²) in [6, 6.07) is 8.15. The van der Waals surface area contributed by atoms with E-state index < -0.39 is 21.7 Å². The molecule has 1 atom stereocenters. The van der Waals surface area contributed by atoms with Crippen LogP contribution >= 0.6 is 0 Å². The molecule has 1 aliphatic carbocycles. The van der Waals surface area contributed by atoms with E-state index in [-0.39, 0.29) is 6.04 Å². The summed E-state index contributed by atoms with van der Waals surface area (Å²) in [5.74, 6) is -1.25. The Morgan fingerprint density at radius 1 is 1.32 bits per heavy atom. The molecule has 7 heteroatoms. The average Bonchev–Trinajstić information content (AvgIpc) is 3.12. The molecule has 0 bridgehead atoms. The lowest BCUT2D eigenvalue weighted by molar-refractivity contribution is -0.143. The normalized spacial score (nSPS) is 18.8. The number of hydrogen-bond donors (Lipinski definition) is 3. The molecule has 3 N–H and O–H groups in total. The van der Waals surface area contributed by atoms with Crippen molar-refractivity contribution < 1.29 is 18.3 Å². The molecule has 1 aromatic carbocycles. The summed E-state index contributed by atoms with van der Waals surface area (Å²) in [5, 5.41) is 9.34. The highest BCUT2D eigenvalue weighted by molar-refractivity contribution is 7.87. The van der Waals surface area contributed by atoms with Crippen molar-refractivity contribution in [3.63, 3.8) is 0 Å². The second kappa shape index (κ2) is 4.92. The largest absolute Gasteiger partial charge is 0.480 e. The van der Waals surface area contributed by atoms with E-state index in [0.717, 1.165) is 12.8 Å². The number of rotatable bonds is 6. The van der Waals surface area contributed by atoms with Gasteiger partial charge in [0.15, 0.2) is 5.54 Å². The summed E-state index contributed by atoms with van der Waals surface area (Å²) in [6.45, 7) is 1.33. The quantitative estimate of drug-likeness (QED) is 0.711. The first kappa shape index (κ1) is 14.0. The number of benzene rings is 1. The SMILES string of the molecule is CC(NS(=O)(=O)NC1CC1)(C(=O)O)c1ccccc1. The maximum atomic E-state index is 11.9. The molecule has 19 heavy (non-hydrogen) atoms. The van der Waals surface area contributed by atoms with Gasteiger partial charge in [0, 0.05) is 6.04 Å². The van der Waals surface area contributed by atoms with E-state index in [1.54, 1.807) is 30.3 Å². The van der Waals surface area contributed by atoms with Gasteiger partial charge >= 0.3 is 5.97 Å². The molecule has 6 nitrogen and oxygen atoms in total. The molecule has 1 fully saturated rings. The van der Waals surface area contributed by atoms with Crippen LogP contribution < -0.4 is 9.44 Å². The van der Waals surface area contributed by atoms with E-state index >= 15 is 0 Å². The fraction of sp³-hybridized carbons (Fsp3) is 0.417. The number of nitrogens with one attached hydrogen (secondary N) is 2. The van der Waals surface area contributed by atoms with E-state index in [1.807, 2.05) is 0 Å². The molecular weight excluding hydrogens is 268 g/mol. The van der Waals surface area contributed by atoms with E-state index in [0.29, 0.717) is 5.56 Å². The number of carboxylic acids is 1. The minimum Gasteiger partial charge on any atom is -0.480 e. The molecular formula is C12H16N2O4S. The number of carbonyl (C=O) groups is 1. The average molecular weight is 284 g/mol. The highest BCUT2D eigenvalue weighted by atomic mass is 32.2. The molecule has 104 valence electrons. The lowest BCUT2D eigenvalue weighted by atomic mass is 9.94. The number of hydrogen-bond acceptors (Lipinski definition) is 3. The number of carboxylic acid groups (broad SMARTS) is 1. The van der Waals surface area contributed by atoms with Crippen molar-refractivity contribution in [1.29, 1.82) is 0 Å². The summed E-state index contributed by atoms with van der Waals surface area (Å²) < 4.78 is 28.4. The Hall–Kier alpha value is -1.44. The molecule has 0 heterocycles. The Morgan fingerprint density at radius 3 is 2.37 bits per heavy atom. The first-order chi connectivity index (χ1) is 8.83. The van der Waals surface area contributed by atoms with Crippen molar-refractivity contribution in [3.8, 4) is 0 Å². The summed E-state index contributed by atoms with van der Waals surface area (Å²) in [6.07, 6.45) is 1.58. The Bertz CT molecular complexity index is 569. The second-order valence-corrected chi connectivity index (χ2v) is 6.24. The predicted octanol–water partition coefficient (Wildman–Crippen LogP) is 0.573. The predicted molar refractivity (Wildman–Crippen MR) is 69.6 cm³/mol. The van der Waals surface area contributed by atoms with Gasteiger partial charge in [0.25, 0.3) is 10.2 Å². The number of aliphatic carboxylic acids is 1. The van der Waals surface area contributed by atoms with Crippen LogP contribution in [-0.4, -0.2) is 25.5 Å². The monoisotopic (exact) mass is 284 g/mol. The Morgan fingerprint density at radius 2 is 1.89 bits per heavy atom. The van der Waals surface area contributed by atoms with E-state index in [1.165, 1.54) is 6.92 Å². The molecule has 1 unspecified atom stereocenters. The van der Waals surface area contributed by atoms with Gasteiger partial charge in [0.2, 0.25) is 0 Å². The third kappa shape index (κ3) is 3.31. The summed E-state index contributed by atoms with van der Waals surface area (Å²) in [5.41, 5.74) is -1.31. The lowest BCUT2D eigenvalue weighted by Gasteiger charge is -2.26. The maximum absolute atomic E-state index is 11.9. The van der Waals surface area contributed by atoms with Crippen LogP contribution in [0.5, 0.6) is 0 Å². The first-order valence-electron chi connectivity index (χ1n) is 5.94. The van der Waals surface area contributed by atoms with Gasteiger partial charge in [-0.3, -0.25) is 0 Å². The lowest BCUT2D eigenvalue weighted by Crippen LogP contribution is -2.53. The Labute approximate surface area is 112 Å². The molecule has 0 spiro atoms. The van der Waals surface area contributed by atoms with Gasteiger partial charge in [-0.1, -0.05) is 30.3 Å². The summed E-state index contributed by atoms with van der Waals surface area (Å²) >= 11 is 0. The van der Waals surface area contributed by atoms with Gasteiger partial charge in [-0.2, -0.15) is 17.9 Å². The van der Waals surface area contributed by atoms with Crippen LogP contribution in [0.3, 0.4) is 0 Å². The van der Waals surface area contributed by atoms with Crippen LogP contribution in [0.25, 0.3) is 0 Å². The molecule has 1 aromatic rings. The zero-order valence-corrected chi connectivity index (χ0v) is 11.3. The smallest absolute Gasteiger partial charge is 0.329 e. The van der Waals surface area contributed by atoms with Crippen molar-refractivity contribution in [2.45, 2.75) is 31.3 Å². The zero-order chi connectivity index (χ0) is 14.1. The molecule has 2 rings (SSSR count). The van der Waals surface area contributed by atoms with Crippen molar-refractivity contribution in [1.82, 2.24) is 9.44 Å². The van der Waals surface area contributed by atoms with Crippen LogP contribution in [0.1, 0.15) is 25.3 Å². The van der Waals surface area contributed by atoms with Crippen LogP contribution in [0, 0.1) is 0 Å². The molecule has 1 aliphatic rings. The van der Waals surface area contributed by atoms with Crippen molar-refractivity contribution >= 4 is 16.2 Å². The van der Waals surface area contributed by atoms with Crippen molar-refractivity contribution in [3.05, 3.63) is 35.9 Å². The third-order valence-electron chi connectivity index (χ3n) is 3.02. The summed E-state index contributed by atoms with van der Waals surface area (Å²) in [7, 11) is -3.85. The minimum atomic E-state index is -3.85. The van der Waals surface area contributed by atoms with Crippen LogP contribution in [-0.2, 0) is 20.5 Å². The maximum Gasteiger partial charge on any atom is 0.329 e. The molecule has 0 radical (unpaired) electrons. The highest BCUT2D eigenvalue weighted by Gasteiger charge is 2.40. The Balaban J connectivity index is 2.27. The van der Waals surface area contributed by atoms with Crippen LogP contribution in [0.2, 0.25) is 0 Å². The first-order valence-corrected chi connectivity index (χ1v) is 7.42. The Kier molecular flexibility index (Phi) is 3.62. The fourth-order valence-electron chi connectivity index (χ4n) is 1.72. The standard InChI is InChI=1S/C12H16N2O4S/c1-12(11(15)16,9-5-3-2-4-6-9)14-19(17,18)13-10-7-8-10/h2-6,10,13-14H,7-8H2,1H3,(H,15,16). The van der Waals surface area contributed by atoms with Gasteiger partial charge in [0.1, 0.15) is 0 Å². The zero-order valence-electron chi connectivity index (χ0n) is 10.5. The molecule has 0 saturated heterocycles. The third-order valence-corrected chi connectivity index (χ3v) is 4.34. The molecule has 0 amide bonds. The van der Waals surface area contributed by atoms with Crippen LogP contribution in [0.4, 0.5) is 0 Å². The van der Waals surface area contributed by atoms with Gasteiger partial charge < -0.3 is 5.11 Å². The van der Waals surface area contributed by atoms with Crippen molar-refractivity contribution in [2.75, 3.05) is 0 Å². The van der Waals surface area contributed by atoms with Gasteiger partial charge in [-0.15, -0.1) is 0 Å². The van der Waals surface area contributed by atoms with Gasteiger partial charge in [-0.05, 0) is 25.3 Å². The fourth-order valence-corrected chi connectivity index (χ4v) is 3.19. The van der Waals surface area contributed by atoms with Crippen LogP contribution in [0.15, 0.2) is 30.3 Å². The topological polar surface area (TPSA) is 95.5 Å². The van der Waals surface area contributed by atoms with E-state index in [4.69, 9.17) is 0 Å². The highest BCUT2D eigenvalue weighted by Crippen LogP contribution is 2.24. The molecule has 1 saturated carbocycles. The van der Waals surface area contributed by atoms with Crippen molar-refractivity contribution in [2.24, 2.45) is 0 Å². The summed E-state index contributed by atoms with van der Waals surface area (Å²) in [4.78, 5) is 11.4. The van der Waals surface area contributed by atoms with E-state index in [2.05, 4.69) is 9.44 Å². The van der Waals surface area contributed by atoms with Gasteiger partial charge in [-0.25, -0.2) is 4.79 Å². The second-order valence-electron chi connectivity index (χ2n) is 4.79.